The van der Waals surface area contributed by atoms with Gasteiger partial charge in [0.2, 0.25) is 0 Å². The number of fused-ring (bicyclic) bond motifs is 1. The van der Waals surface area contributed by atoms with Crippen molar-refractivity contribution in [3.05, 3.63) is 50.0 Å². The van der Waals surface area contributed by atoms with Crippen molar-refractivity contribution in [1.82, 2.24) is 19.7 Å². The van der Waals surface area contributed by atoms with Crippen molar-refractivity contribution < 1.29 is 39.9 Å². The number of H-pyrrole nitrogens is 1. The number of benzene rings is 1. The van der Waals surface area contributed by atoms with Gasteiger partial charge in [-0.1, -0.05) is 12.1 Å². The second-order valence-corrected chi connectivity index (χ2v) is 4.69. The SMILES string of the molecule is [CH2-]CN(C[CH2-])c1cc(-n2c(C(F)F)nc3ccccc32)[nH]n1.[U+2]. The quantitative estimate of drug-likeness (QED) is 0.506. The van der Waals surface area contributed by atoms with Crippen molar-refractivity contribution >= 4 is 16.9 Å². The molecular formula is C15H15F2N5U. The summed E-state index contributed by atoms with van der Waals surface area (Å²) in [7, 11) is 0. The predicted octanol–water partition coefficient (Wildman–Crippen LogP) is 3.16. The van der Waals surface area contributed by atoms with E-state index in [0.29, 0.717) is 35.8 Å². The number of para-hydroxylation sites is 2. The fourth-order valence-electron chi connectivity index (χ4n) is 2.36. The smallest absolute Gasteiger partial charge is 0.415 e. The summed E-state index contributed by atoms with van der Waals surface area (Å²) < 4.78 is 28.0. The molecular weight excluding hydrogens is 526 g/mol. The van der Waals surface area contributed by atoms with Crippen LogP contribution in [0.4, 0.5) is 14.6 Å². The van der Waals surface area contributed by atoms with E-state index in [2.05, 4.69) is 29.0 Å². The number of aromatic nitrogens is 4. The molecule has 0 amide bonds. The number of aromatic amines is 1. The van der Waals surface area contributed by atoms with Crippen molar-refractivity contribution in [3.63, 3.8) is 0 Å². The van der Waals surface area contributed by atoms with E-state index in [0.717, 1.165) is 0 Å². The van der Waals surface area contributed by atoms with Gasteiger partial charge in [0, 0.05) is 6.07 Å². The van der Waals surface area contributed by atoms with Crippen molar-refractivity contribution in [1.29, 1.82) is 0 Å². The fourth-order valence-corrected chi connectivity index (χ4v) is 2.36. The van der Waals surface area contributed by atoms with E-state index in [4.69, 9.17) is 0 Å². The van der Waals surface area contributed by atoms with E-state index in [9.17, 15) is 8.78 Å². The molecule has 23 heavy (non-hydrogen) atoms. The maximum absolute atomic E-state index is 13.3. The maximum Gasteiger partial charge on any atom is 2.00 e. The monoisotopic (exact) mass is 541 g/mol. The third-order valence-electron chi connectivity index (χ3n) is 3.44. The zero-order valence-electron chi connectivity index (χ0n) is 12.3. The summed E-state index contributed by atoms with van der Waals surface area (Å²) in [5.74, 6) is 0.732. The third-order valence-corrected chi connectivity index (χ3v) is 3.44. The van der Waals surface area contributed by atoms with Gasteiger partial charge in [0.15, 0.2) is 5.82 Å². The first-order valence-electron chi connectivity index (χ1n) is 6.80. The molecule has 0 saturated heterocycles. The first-order valence-corrected chi connectivity index (χ1v) is 6.80. The molecule has 2 aromatic heterocycles. The van der Waals surface area contributed by atoms with Gasteiger partial charge in [0.05, 0.1) is 11.0 Å². The summed E-state index contributed by atoms with van der Waals surface area (Å²) in [5, 5.41) is 6.94. The van der Waals surface area contributed by atoms with Crippen LogP contribution in [0.15, 0.2) is 30.3 Å². The molecule has 8 heteroatoms. The summed E-state index contributed by atoms with van der Waals surface area (Å²) in [4.78, 5) is 5.83. The Morgan fingerprint density at radius 2 is 1.91 bits per heavy atom. The van der Waals surface area contributed by atoms with Gasteiger partial charge >= 0.3 is 31.1 Å². The standard InChI is InChI=1S/C15H15F2N5.U/c1-3-21(4-2)12-9-13(20-19-12)22-11-8-6-5-7-10(11)18-15(22)14(16)17;/h5-9,14H,1-4H2,(H,19,20);/q-2;+2. The Hall–Kier alpha value is -1.39. The van der Waals surface area contributed by atoms with Crippen LogP contribution in [-0.2, 0) is 0 Å². The van der Waals surface area contributed by atoms with Crippen molar-refractivity contribution in [3.8, 4) is 5.82 Å². The number of hydrogen-bond donors (Lipinski definition) is 1. The zero-order valence-corrected chi connectivity index (χ0v) is 16.5. The number of rotatable bonds is 5. The Kier molecular flexibility index (Phi) is 5.82. The Morgan fingerprint density at radius 3 is 2.57 bits per heavy atom. The minimum absolute atomic E-state index is 0. The minimum Gasteiger partial charge on any atom is -0.415 e. The van der Waals surface area contributed by atoms with E-state index in [1.165, 1.54) is 4.57 Å². The molecule has 2 heterocycles. The Balaban J connectivity index is 0.00000192. The fraction of sp³-hybridized carbons (Fsp3) is 0.200. The van der Waals surface area contributed by atoms with Crippen LogP contribution in [0.1, 0.15) is 12.2 Å². The molecule has 3 rings (SSSR count). The van der Waals surface area contributed by atoms with Crippen LogP contribution in [-0.4, -0.2) is 32.8 Å². The third kappa shape index (κ3) is 3.29. The van der Waals surface area contributed by atoms with Crippen LogP contribution in [0.3, 0.4) is 0 Å². The van der Waals surface area contributed by atoms with Crippen molar-refractivity contribution in [2.75, 3.05) is 18.0 Å². The molecule has 0 atom stereocenters. The summed E-state index contributed by atoms with van der Waals surface area (Å²) >= 11 is 0. The molecule has 1 aromatic carbocycles. The second kappa shape index (κ2) is 7.45. The molecule has 0 saturated carbocycles. The van der Waals surface area contributed by atoms with Crippen LogP contribution in [0, 0.1) is 45.0 Å². The van der Waals surface area contributed by atoms with Gasteiger partial charge in [-0.15, -0.1) is 13.1 Å². The number of halogens is 2. The molecule has 0 aliphatic carbocycles. The predicted molar refractivity (Wildman–Crippen MR) is 81.1 cm³/mol. The summed E-state index contributed by atoms with van der Waals surface area (Å²) in [5.41, 5.74) is 1.11. The number of imidazole rings is 1. The Labute approximate surface area is 156 Å². The van der Waals surface area contributed by atoms with Gasteiger partial charge in [0.1, 0.15) is 11.6 Å². The maximum atomic E-state index is 13.3. The van der Waals surface area contributed by atoms with E-state index in [1.54, 1.807) is 30.3 Å². The molecule has 0 radical (unpaired) electrons. The number of alkyl halides is 2. The summed E-state index contributed by atoms with van der Waals surface area (Å²) in [6.07, 6.45) is -2.68. The number of nitrogens with one attached hydrogen (secondary N) is 1. The van der Waals surface area contributed by atoms with Crippen LogP contribution in [0.2, 0.25) is 0 Å². The van der Waals surface area contributed by atoms with Gasteiger partial charge in [-0.2, -0.15) is 5.10 Å². The Morgan fingerprint density at radius 1 is 1.22 bits per heavy atom. The van der Waals surface area contributed by atoms with E-state index >= 15 is 0 Å². The minimum atomic E-state index is -2.68. The molecule has 0 spiro atoms. The van der Waals surface area contributed by atoms with Crippen LogP contribution >= 0.6 is 0 Å². The molecule has 1 N–H and O–H groups in total. The molecule has 118 valence electrons. The van der Waals surface area contributed by atoms with Crippen molar-refractivity contribution in [2.45, 2.75) is 6.43 Å². The van der Waals surface area contributed by atoms with Crippen molar-refractivity contribution in [2.24, 2.45) is 0 Å². The zero-order chi connectivity index (χ0) is 15.7. The van der Waals surface area contributed by atoms with Crippen LogP contribution in [0.5, 0.6) is 0 Å². The van der Waals surface area contributed by atoms with Gasteiger partial charge < -0.3 is 18.7 Å². The number of hydrogen-bond acceptors (Lipinski definition) is 3. The average molecular weight is 541 g/mol. The number of anilines is 1. The summed E-state index contributed by atoms with van der Waals surface area (Å²) in [6, 6.07) is 8.69. The topological polar surface area (TPSA) is 49.7 Å². The molecule has 3 aromatic rings. The second-order valence-electron chi connectivity index (χ2n) is 4.69. The molecule has 0 bridgehead atoms. The normalized spacial score (nSPS) is 11.0. The van der Waals surface area contributed by atoms with Crippen LogP contribution < -0.4 is 4.90 Å². The average Bonchev–Trinajstić information content (AvgIpc) is 3.12. The largest absolute Gasteiger partial charge is 2.00 e. The molecule has 0 aliphatic heterocycles. The van der Waals surface area contributed by atoms with Crippen LogP contribution in [0.25, 0.3) is 16.9 Å². The van der Waals surface area contributed by atoms with Gasteiger partial charge in [-0.3, -0.25) is 9.67 Å². The number of nitrogens with zero attached hydrogens (tertiary/aromatic N) is 4. The van der Waals surface area contributed by atoms with Gasteiger partial charge in [-0.25, -0.2) is 13.8 Å². The van der Waals surface area contributed by atoms with E-state index < -0.39 is 6.43 Å². The molecule has 5 nitrogen and oxygen atoms in total. The first kappa shape index (κ1) is 18.0. The van der Waals surface area contributed by atoms with E-state index in [-0.39, 0.29) is 36.9 Å². The molecule has 0 unspecified atom stereocenters. The van der Waals surface area contributed by atoms with Gasteiger partial charge in [-0.05, 0) is 12.1 Å². The Bertz CT molecular complexity index is 779. The molecule has 0 fully saturated rings. The van der Waals surface area contributed by atoms with E-state index in [1.807, 2.05) is 4.90 Å². The summed E-state index contributed by atoms with van der Waals surface area (Å²) in [6.45, 7) is 8.56. The molecule has 0 aliphatic rings. The first-order chi connectivity index (χ1) is 10.7. The van der Waals surface area contributed by atoms with Gasteiger partial charge in [0.25, 0.3) is 6.43 Å².